The number of carbonyl (C=O) groups excluding carboxylic acids is 2. The highest BCUT2D eigenvalue weighted by molar-refractivity contribution is 6.01. The Labute approximate surface area is 176 Å². The number of ether oxygens (including phenoxy) is 1. The number of benzene rings is 1. The first-order valence-electron chi connectivity index (χ1n) is 9.61. The fourth-order valence-electron chi connectivity index (χ4n) is 3.02. The number of aryl methyl sites for hydroxylation is 1. The molecule has 1 amide bonds. The highest BCUT2D eigenvalue weighted by Crippen LogP contribution is 2.19. The second-order valence-electron chi connectivity index (χ2n) is 6.88. The molecule has 1 N–H and O–H groups in total. The molecule has 0 fully saturated rings. The summed E-state index contributed by atoms with van der Waals surface area (Å²) in [7, 11) is 0. The third-order valence-corrected chi connectivity index (χ3v) is 4.61. The molecule has 2 rings (SSSR count). The Morgan fingerprint density at radius 1 is 1.27 bits per heavy atom. The van der Waals surface area contributed by atoms with E-state index in [9.17, 15) is 14.9 Å². The number of amides is 1. The molecule has 0 aliphatic rings. The van der Waals surface area contributed by atoms with Crippen LogP contribution in [-0.4, -0.2) is 22.5 Å². The average molecular weight is 404 g/mol. The first-order chi connectivity index (χ1) is 14.3. The Kier molecular flexibility index (Phi) is 7.55. The Hall–Kier alpha value is -3.84. The smallest absolute Gasteiger partial charge is 0.349 e. The summed E-state index contributed by atoms with van der Waals surface area (Å²) in [5.74, 6) is -1.43. The summed E-state index contributed by atoms with van der Waals surface area (Å²) in [4.78, 5) is 24.7. The molecule has 0 saturated heterocycles. The molecule has 1 heterocycles. The minimum atomic E-state index is -1.12. The van der Waals surface area contributed by atoms with Crippen molar-refractivity contribution in [1.29, 1.82) is 10.5 Å². The van der Waals surface area contributed by atoms with Crippen LogP contribution in [0.4, 0.5) is 5.69 Å². The third-order valence-electron chi connectivity index (χ3n) is 4.61. The Morgan fingerprint density at radius 2 is 2.00 bits per heavy atom. The molecular weight excluding hydrogens is 380 g/mol. The lowest BCUT2D eigenvalue weighted by Gasteiger charge is -2.13. The molecule has 1 unspecified atom stereocenters. The van der Waals surface area contributed by atoms with Gasteiger partial charge in [0, 0.05) is 23.6 Å². The zero-order valence-corrected chi connectivity index (χ0v) is 17.5. The standard InChI is InChI=1S/C23H24N4O3/c1-5-9-27-15(2)10-19(16(27)3)12-20(14-25)23(29)30-17(4)22(28)26-21-8-6-7-18(11-21)13-24/h6-8,10-12,17H,5,9H2,1-4H3,(H,26,28)/b20-12+. The number of aromatic nitrogens is 1. The molecule has 0 aliphatic carbocycles. The Morgan fingerprint density at radius 3 is 2.63 bits per heavy atom. The predicted molar refractivity (Wildman–Crippen MR) is 113 cm³/mol. The van der Waals surface area contributed by atoms with E-state index in [2.05, 4.69) is 16.8 Å². The van der Waals surface area contributed by atoms with Crippen molar-refractivity contribution in [3.63, 3.8) is 0 Å². The number of nitriles is 2. The van der Waals surface area contributed by atoms with Crippen molar-refractivity contribution in [3.8, 4) is 12.1 Å². The average Bonchev–Trinajstić information content (AvgIpc) is 2.99. The molecule has 0 spiro atoms. The molecular formula is C23H24N4O3. The highest BCUT2D eigenvalue weighted by atomic mass is 16.5. The van der Waals surface area contributed by atoms with Crippen molar-refractivity contribution in [1.82, 2.24) is 4.57 Å². The number of esters is 1. The molecule has 30 heavy (non-hydrogen) atoms. The number of carbonyl (C=O) groups is 2. The van der Waals surface area contributed by atoms with Crippen LogP contribution in [-0.2, 0) is 20.9 Å². The fraction of sp³-hybridized carbons (Fsp3) is 0.304. The molecule has 7 nitrogen and oxygen atoms in total. The van der Waals surface area contributed by atoms with Gasteiger partial charge in [0.25, 0.3) is 5.91 Å². The van der Waals surface area contributed by atoms with Gasteiger partial charge in [-0.3, -0.25) is 4.79 Å². The van der Waals surface area contributed by atoms with E-state index in [1.165, 1.54) is 19.1 Å². The Balaban J connectivity index is 2.12. The van der Waals surface area contributed by atoms with Gasteiger partial charge in [0.15, 0.2) is 6.10 Å². The first-order valence-corrected chi connectivity index (χ1v) is 9.61. The summed E-state index contributed by atoms with van der Waals surface area (Å²) >= 11 is 0. The second kappa shape index (κ2) is 10.1. The molecule has 154 valence electrons. The van der Waals surface area contributed by atoms with Crippen LogP contribution < -0.4 is 5.32 Å². The summed E-state index contributed by atoms with van der Waals surface area (Å²) in [5.41, 5.74) is 3.39. The lowest BCUT2D eigenvalue weighted by Crippen LogP contribution is -2.30. The van der Waals surface area contributed by atoms with Crippen LogP contribution in [0.5, 0.6) is 0 Å². The van der Waals surface area contributed by atoms with Crippen molar-refractivity contribution in [2.24, 2.45) is 0 Å². The highest BCUT2D eigenvalue weighted by Gasteiger charge is 2.21. The lowest BCUT2D eigenvalue weighted by molar-refractivity contribution is -0.148. The summed E-state index contributed by atoms with van der Waals surface area (Å²) in [6.45, 7) is 8.25. The van der Waals surface area contributed by atoms with Gasteiger partial charge >= 0.3 is 5.97 Å². The maximum atomic E-state index is 12.4. The van der Waals surface area contributed by atoms with Gasteiger partial charge in [0.1, 0.15) is 11.6 Å². The van der Waals surface area contributed by atoms with E-state index in [0.29, 0.717) is 11.3 Å². The summed E-state index contributed by atoms with van der Waals surface area (Å²) in [6.07, 6.45) is 1.33. The van der Waals surface area contributed by atoms with Crippen molar-refractivity contribution in [2.75, 3.05) is 5.32 Å². The van der Waals surface area contributed by atoms with Crippen molar-refractivity contribution >= 4 is 23.6 Å². The SMILES string of the molecule is CCCn1c(C)cc(/C=C(\C#N)C(=O)OC(C)C(=O)Nc2cccc(C#N)c2)c1C. The molecule has 0 radical (unpaired) electrons. The number of rotatable bonds is 7. The Bertz CT molecular complexity index is 1070. The minimum Gasteiger partial charge on any atom is -0.448 e. The van der Waals surface area contributed by atoms with Gasteiger partial charge in [-0.05, 0) is 63.1 Å². The largest absolute Gasteiger partial charge is 0.448 e. The molecule has 1 aromatic carbocycles. The van der Waals surface area contributed by atoms with Crippen molar-refractivity contribution < 1.29 is 14.3 Å². The molecule has 7 heteroatoms. The first kappa shape index (κ1) is 22.4. The van der Waals surface area contributed by atoms with E-state index < -0.39 is 18.0 Å². The van der Waals surface area contributed by atoms with Gasteiger partial charge in [-0.1, -0.05) is 13.0 Å². The predicted octanol–water partition coefficient (Wildman–Crippen LogP) is 3.86. The third kappa shape index (κ3) is 5.36. The summed E-state index contributed by atoms with van der Waals surface area (Å²) in [5, 5.41) is 20.9. The number of hydrogen-bond donors (Lipinski definition) is 1. The van der Waals surface area contributed by atoms with Crippen molar-refractivity contribution in [3.05, 3.63) is 58.4 Å². The molecule has 1 aromatic heterocycles. The number of nitrogens with zero attached hydrogens (tertiary/aromatic N) is 3. The quantitative estimate of drug-likeness (QED) is 0.428. The van der Waals surface area contributed by atoms with Gasteiger partial charge < -0.3 is 14.6 Å². The summed E-state index contributed by atoms with van der Waals surface area (Å²) in [6, 6.07) is 12.1. The zero-order chi connectivity index (χ0) is 22.3. The normalized spacial score (nSPS) is 11.9. The van der Waals surface area contributed by atoms with Crippen LogP contribution in [0.1, 0.15) is 42.8 Å². The molecule has 2 aromatic rings. The van der Waals surface area contributed by atoms with Crippen LogP contribution in [0, 0.1) is 36.5 Å². The maximum Gasteiger partial charge on any atom is 0.349 e. The topological polar surface area (TPSA) is 108 Å². The maximum absolute atomic E-state index is 12.4. The van der Waals surface area contributed by atoms with Crippen LogP contribution in [0.15, 0.2) is 35.9 Å². The van der Waals surface area contributed by atoms with Crippen LogP contribution >= 0.6 is 0 Å². The van der Waals surface area contributed by atoms with Gasteiger partial charge in [-0.2, -0.15) is 10.5 Å². The molecule has 0 bridgehead atoms. The minimum absolute atomic E-state index is 0.183. The lowest BCUT2D eigenvalue weighted by atomic mass is 10.1. The van der Waals surface area contributed by atoms with Gasteiger partial charge in [-0.25, -0.2) is 4.79 Å². The van der Waals surface area contributed by atoms with E-state index in [0.717, 1.165) is 29.9 Å². The van der Waals surface area contributed by atoms with Gasteiger partial charge in [0.2, 0.25) is 0 Å². The van der Waals surface area contributed by atoms with Gasteiger partial charge in [-0.15, -0.1) is 0 Å². The monoisotopic (exact) mass is 404 g/mol. The van der Waals surface area contributed by atoms with E-state index in [1.54, 1.807) is 18.2 Å². The van der Waals surface area contributed by atoms with E-state index in [4.69, 9.17) is 10.00 Å². The van der Waals surface area contributed by atoms with Crippen LogP contribution in [0.3, 0.4) is 0 Å². The van der Waals surface area contributed by atoms with Crippen LogP contribution in [0.25, 0.3) is 6.08 Å². The van der Waals surface area contributed by atoms with E-state index >= 15 is 0 Å². The van der Waals surface area contributed by atoms with E-state index in [-0.39, 0.29) is 5.57 Å². The zero-order valence-electron chi connectivity index (χ0n) is 17.5. The second-order valence-corrected chi connectivity index (χ2v) is 6.88. The summed E-state index contributed by atoms with van der Waals surface area (Å²) < 4.78 is 7.30. The molecule has 1 atom stereocenters. The number of hydrogen-bond acceptors (Lipinski definition) is 5. The van der Waals surface area contributed by atoms with Crippen LogP contribution in [0.2, 0.25) is 0 Å². The molecule has 0 saturated carbocycles. The number of nitrogens with one attached hydrogen (secondary N) is 1. The fourth-order valence-corrected chi connectivity index (χ4v) is 3.02. The number of anilines is 1. The van der Waals surface area contributed by atoms with Gasteiger partial charge in [0.05, 0.1) is 11.6 Å². The molecule has 0 aliphatic heterocycles. The van der Waals surface area contributed by atoms with E-state index in [1.807, 2.05) is 32.1 Å². The van der Waals surface area contributed by atoms with Crippen molar-refractivity contribution in [2.45, 2.75) is 46.8 Å².